The van der Waals surface area contributed by atoms with E-state index in [1.54, 1.807) is 18.3 Å². The zero-order valence-corrected chi connectivity index (χ0v) is 18.2. The molecule has 8 nitrogen and oxygen atoms in total. The van der Waals surface area contributed by atoms with Crippen LogP contribution in [0.3, 0.4) is 0 Å². The molecule has 3 heterocycles. The molecule has 2 aliphatic rings. The third-order valence-corrected chi connectivity index (χ3v) is 5.98. The zero-order chi connectivity index (χ0) is 23.8. The Morgan fingerprint density at radius 1 is 1.18 bits per heavy atom. The quantitative estimate of drug-likeness (QED) is 0.451. The van der Waals surface area contributed by atoms with E-state index in [0.29, 0.717) is 35.9 Å². The summed E-state index contributed by atoms with van der Waals surface area (Å²) in [6, 6.07) is 6.12. The second-order valence-corrected chi connectivity index (χ2v) is 8.34. The number of ether oxygens (including phenoxy) is 2. The van der Waals surface area contributed by atoms with Crippen LogP contribution >= 0.6 is 0 Å². The molecule has 0 N–H and O–H groups in total. The van der Waals surface area contributed by atoms with E-state index in [-0.39, 0.29) is 11.7 Å². The van der Waals surface area contributed by atoms with Gasteiger partial charge >= 0.3 is 6.36 Å². The predicted molar refractivity (Wildman–Crippen MR) is 113 cm³/mol. The van der Waals surface area contributed by atoms with Gasteiger partial charge in [0.25, 0.3) is 0 Å². The molecule has 1 aliphatic carbocycles. The third-order valence-electron chi connectivity index (χ3n) is 5.98. The number of halogens is 3. The number of nitrogens with zero attached hydrogens (tertiary/aromatic N) is 4. The van der Waals surface area contributed by atoms with Crippen molar-refractivity contribution in [1.82, 2.24) is 15.2 Å². The number of aromatic nitrogens is 3. The number of hydrogen-bond donors (Lipinski definition) is 0. The summed E-state index contributed by atoms with van der Waals surface area (Å²) in [6.07, 6.45) is 3.26. The first-order valence-electron chi connectivity index (χ1n) is 10.9. The summed E-state index contributed by atoms with van der Waals surface area (Å²) >= 11 is 0. The molecule has 178 valence electrons. The Morgan fingerprint density at radius 2 is 2.06 bits per heavy atom. The average Bonchev–Trinajstić information content (AvgIpc) is 3.52. The van der Waals surface area contributed by atoms with Crippen molar-refractivity contribution in [2.75, 3.05) is 0 Å². The van der Waals surface area contributed by atoms with Gasteiger partial charge < -0.3 is 18.7 Å². The first-order chi connectivity index (χ1) is 16.4. The highest BCUT2D eigenvalue weighted by Gasteiger charge is 2.50. The van der Waals surface area contributed by atoms with Crippen LogP contribution in [0.2, 0.25) is 0 Å². The summed E-state index contributed by atoms with van der Waals surface area (Å²) in [6.45, 7) is 2.08. The van der Waals surface area contributed by atoms with Crippen LogP contribution in [0, 0.1) is 0 Å². The van der Waals surface area contributed by atoms with Gasteiger partial charge in [-0.25, -0.2) is 0 Å². The Morgan fingerprint density at radius 3 is 2.82 bits per heavy atom. The molecule has 0 fully saturated rings. The van der Waals surface area contributed by atoms with E-state index in [1.807, 2.05) is 0 Å². The first-order valence-corrected chi connectivity index (χ1v) is 10.9. The summed E-state index contributed by atoms with van der Waals surface area (Å²) in [4.78, 5) is 10.0. The van der Waals surface area contributed by atoms with Crippen molar-refractivity contribution in [3.05, 3.63) is 54.2 Å². The van der Waals surface area contributed by atoms with Gasteiger partial charge in [-0.2, -0.15) is 0 Å². The number of pyridine rings is 1. The number of unbranched alkanes of at least 4 members (excludes halogenated alkanes) is 1. The minimum Gasteiger partial charge on any atom is -0.438 e. The van der Waals surface area contributed by atoms with E-state index in [1.165, 1.54) is 24.7 Å². The SMILES string of the molecule is CCCCC1CC2(CC(Oc3cncc(-c4nnco4)c3)=NO2)c2ccc(OC(F)(F)F)cc21. The van der Waals surface area contributed by atoms with Crippen LogP contribution in [0.15, 0.2) is 52.6 Å². The molecule has 5 rings (SSSR count). The highest BCUT2D eigenvalue weighted by molar-refractivity contribution is 5.81. The maximum Gasteiger partial charge on any atom is 0.573 e. The van der Waals surface area contributed by atoms with Crippen LogP contribution in [-0.2, 0) is 10.4 Å². The predicted octanol–water partition coefficient (Wildman–Crippen LogP) is 5.72. The van der Waals surface area contributed by atoms with Gasteiger partial charge in [-0.3, -0.25) is 4.98 Å². The molecule has 0 bridgehead atoms. The van der Waals surface area contributed by atoms with Gasteiger partial charge in [-0.05, 0) is 36.1 Å². The molecular weight excluding hydrogens is 453 g/mol. The monoisotopic (exact) mass is 474 g/mol. The fraction of sp³-hybridized carbons (Fsp3) is 0.391. The smallest absolute Gasteiger partial charge is 0.438 e. The van der Waals surface area contributed by atoms with Crippen LogP contribution in [0.4, 0.5) is 13.2 Å². The van der Waals surface area contributed by atoms with Gasteiger partial charge in [-0.15, -0.1) is 23.4 Å². The van der Waals surface area contributed by atoms with E-state index in [0.717, 1.165) is 30.4 Å². The van der Waals surface area contributed by atoms with E-state index < -0.39 is 12.0 Å². The molecule has 2 unspecified atom stereocenters. The van der Waals surface area contributed by atoms with Crippen LogP contribution < -0.4 is 9.47 Å². The molecule has 34 heavy (non-hydrogen) atoms. The Kier molecular flexibility index (Phi) is 5.62. The number of rotatable bonds is 6. The second kappa shape index (κ2) is 8.62. The van der Waals surface area contributed by atoms with Crippen molar-refractivity contribution < 1.29 is 31.9 Å². The van der Waals surface area contributed by atoms with Gasteiger partial charge in [0, 0.05) is 18.2 Å². The lowest BCUT2D eigenvalue weighted by Crippen LogP contribution is -2.24. The van der Waals surface area contributed by atoms with Gasteiger partial charge in [0.15, 0.2) is 5.60 Å². The van der Waals surface area contributed by atoms with Crippen LogP contribution in [-0.4, -0.2) is 27.4 Å². The standard InChI is InChI=1S/C23H21F3N4O4/c1-2-3-4-14-9-22(19-6-5-16(8-18(14)19)33-23(24,25)26)10-20(30-34-22)32-17-7-15(11-27-12-17)21-29-28-13-31-21/h5-8,11-14H,2-4,9-10H2,1H3. The topological polar surface area (TPSA) is 91.9 Å². The van der Waals surface area contributed by atoms with Crippen LogP contribution in [0.5, 0.6) is 11.5 Å². The third kappa shape index (κ3) is 4.42. The maximum atomic E-state index is 12.8. The minimum absolute atomic E-state index is 0.0313. The number of alkyl halides is 3. The van der Waals surface area contributed by atoms with Gasteiger partial charge in [0.1, 0.15) is 11.5 Å². The highest BCUT2D eigenvalue weighted by atomic mass is 19.4. The lowest BCUT2D eigenvalue weighted by atomic mass is 9.91. The average molecular weight is 474 g/mol. The molecule has 2 aromatic heterocycles. The summed E-state index contributed by atoms with van der Waals surface area (Å²) in [5.74, 6) is 0.874. The number of oxime groups is 1. The largest absolute Gasteiger partial charge is 0.573 e. The van der Waals surface area contributed by atoms with Gasteiger partial charge in [0.2, 0.25) is 18.2 Å². The van der Waals surface area contributed by atoms with E-state index >= 15 is 0 Å². The first kappa shape index (κ1) is 22.2. The fourth-order valence-corrected chi connectivity index (χ4v) is 4.60. The molecule has 1 aromatic carbocycles. The molecule has 0 amide bonds. The van der Waals surface area contributed by atoms with Crippen LogP contribution in [0.25, 0.3) is 11.5 Å². The zero-order valence-electron chi connectivity index (χ0n) is 18.2. The summed E-state index contributed by atoms with van der Waals surface area (Å²) in [5, 5.41) is 11.7. The number of benzene rings is 1. The number of fused-ring (bicyclic) bond motifs is 2. The van der Waals surface area contributed by atoms with Crippen molar-refractivity contribution in [2.24, 2.45) is 5.16 Å². The molecule has 0 saturated heterocycles. The minimum atomic E-state index is -4.75. The normalized spacial score (nSPS) is 21.3. The fourth-order valence-electron chi connectivity index (χ4n) is 4.60. The molecule has 11 heteroatoms. The summed E-state index contributed by atoms with van der Waals surface area (Å²) in [5.41, 5.74) is 1.40. The van der Waals surface area contributed by atoms with Gasteiger partial charge in [-0.1, -0.05) is 31.0 Å². The Hall–Kier alpha value is -3.63. The molecule has 0 radical (unpaired) electrons. The van der Waals surface area contributed by atoms with Crippen molar-refractivity contribution >= 4 is 5.90 Å². The lowest BCUT2D eigenvalue weighted by Gasteiger charge is -2.22. The molecule has 1 spiro atoms. The van der Waals surface area contributed by atoms with Crippen molar-refractivity contribution in [1.29, 1.82) is 0 Å². The Balaban J connectivity index is 1.37. The number of hydrogen-bond acceptors (Lipinski definition) is 8. The van der Waals surface area contributed by atoms with Crippen molar-refractivity contribution in [3.8, 4) is 23.0 Å². The van der Waals surface area contributed by atoms with Crippen molar-refractivity contribution in [3.63, 3.8) is 0 Å². The molecule has 2 atom stereocenters. The van der Waals surface area contributed by atoms with E-state index in [2.05, 4.69) is 32.0 Å². The summed E-state index contributed by atoms with van der Waals surface area (Å²) in [7, 11) is 0. The Bertz CT molecular complexity index is 1200. The highest BCUT2D eigenvalue weighted by Crippen LogP contribution is 2.53. The second-order valence-electron chi connectivity index (χ2n) is 8.34. The van der Waals surface area contributed by atoms with Crippen molar-refractivity contribution in [2.45, 2.75) is 56.9 Å². The molecular formula is C23H21F3N4O4. The van der Waals surface area contributed by atoms with E-state index in [9.17, 15) is 13.2 Å². The van der Waals surface area contributed by atoms with Gasteiger partial charge in [0.05, 0.1) is 18.2 Å². The molecule has 0 saturated carbocycles. The maximum absolute atomic E-state index is 12.8. The Labute approximate surface area is 192 Å². The lowest BCUT2D eigenvalue weighted by molar-refractivity contribution is -0.274. The van der Waals surface area contributed by atoms with E-state index in [4.69, 9.17) is 14.0 Å². The molecule has 3 aromatic rings. The summed E-state index contributed by atoms with van der Waals surface area (Å²) < 4.78 is 53.6. The molecule has 1 aliphatic heterocycles. The van der Waals surface area contributed by atoms with Crippen LogP contribution in [0.1, 0.15) is 56.1 Å².